The molecule has 0 radical (unpaired) electrons. The van der Waals surface area contributed by atoms with E-state index in [1.165, 1.54) is 11.3 Å². The molecule has 0 aliphatic heterocycles. The second-order valence-corrected chi connectivity index (χ2v) is 6.52. The van der Waals surface area contributed by atoms with Crippen molar-refractivity contribution < 1.29 is 4.79 Å². The molecule has 2 heterocycles. The molecular formula is C21H14N2O2S. The lowest BCUT2D eigenvalue weighted by atomic mass is 9.99. The molecule has 5 heteroatoms. The molecule has 2 aromatic heterocycles. The first-order valence-corrected chi connectivity index (χ1v) is 9.00. The van der Waals surface area contributed by atoms with E-state index in [-0.39, 0.29) is 22.6 Å². The van der Waals surface area contributed by atoms with E-state index in [1.54, 1.807) is 36.4 Å². The number of allylic oxidation sites excluding steroid dienone is 1. The van der Waals surface area contributed by atoms with Gasteiger partial charge in [-0.25, -0.2) is 4.98 Å². The van der Waals surface area contributed by atoms with E-state index < -0.39 is 0 Å². The fraction of sp³-hybridized carbons (Fsp3) is 0. The summed E-state index contributed by atoms with van der Waals surface area (Å²) in [4.78, 5) is 33.0. The molecule has 0 fully saturated rings. The van der Waals surface area contributed by atoms with Crippen LogP contribution in [0, 0.1) is 0 Å². The van der Waals surface area contributed by atoms with Crippen molar-refractivity contribution in [3.8, 4) is 0 Å². The van der Waals surface area contributed by atoms with Crippen LogP contribution in [0.15, 0.2) is 76.2 Å². The average molecular weight is 358 g/mol. The Morgan fingerprint density at radius 3 is 2.54 bits per heavy atom. The minimum atomic E-state index is -0.380. The predicted octanol–water partition coefficient (Wildman–Crippen LogP) is 4.41. The summed E-state index contributed by atoms with van der Waals surface area (Å²) in [6, 6.07) is 18.1. The normalized spacial score (nSPS) is 11.6. The molecule has 0 bridgehead atoms. The first-order valence-electron chi connectivity index (χ1n) is 8.05. The van der Waals surface area contributed by atoms with E-state index in [4.69, 9.17) is 0 Å². The summed E-state index contributed by atoms with van der Waals surface area (Å²) in [5.74, 6) is -0.231. The fourth-order valence-corrected chi connectivity index (χ4v) is 3.34. The maximum absolute atomic E-state index is 13.1. The lowest BCUT2D eigenvalue weighted by Gasteiger charge is -2.07. The minimum absolute atomic E-state index is 0.128. The van der Waals surface area contributed by atoms with Gasteiger partial charge in [0.15, 0.2) is 5.78 Å². The number of aromatic amines is 1. The molecule has 26 heavy (non-hydrogen) atoms. The van der Waals surface area contributed by atoms with Crippen LogP contribution in [0.2, 0.25) is 0 Å². The van der Waals surface area contributed by atoms with E-state index in [1.807, 2.05) is 41.1 Å². The van der Waals surface area contributed by atoms with Crippen molar-refractivity contribution in [1.82, 2.24) is 9.97 Å². The van der Waals surface area contributed by atoms with Gasteiger partial charge in [0, 0.05) is 5.56 Å². The molecule has 2 aromatic carbocycles. The van der Waals surface area contributed by atoms with Gasteiger partial charge in [0.25, 0.3) is 5.56 Å². The van der Waals surface area contributed by atoms with Gasteiger partial charge in [0.2, 0.25) is 0 Å². The highest BCUT2D eigenvalue weighted by Gasteiger charge is 2.19. The zero-order valence-corrected chi connectivity index (χ0v) is 14.5. The summed E-state index contributed by atoms with van der Waals surface area (Å²) >= 11 is 1.53. The lowest BCUT2D eigenvalue weighted by Crippen LogP contribution is -2.18. The summed E-state index contributed by atoms with van der Waals surface area (Å²) in [5, 5.41) is 3.85. The highest BCUT2D eigenvalue weighted by Crippen LogP contribution is 2.22. The molecule has 1 N–H and O–H groups in total. The number of carbonyl (C=O) groups excluding carboxylic acids is 1. The predicted molar refractivity (Wildman–Crippen MR) is 105 cm³/mol. The molecule has 126 valence electrons. The zero-order valence-electron chi connectivity index (χ0n) is 13.7. The van der Waals surface area contributed by atoms with E-state index in [0.29, 0.717) is 16.6 Å². The van der Waals surface area contributed by atoms with E-state index in [2.05, 4.69) is 9.97 Å². The number of nitrogens with zero attached hydrogens (tertiary/aromatic N) is 1. The van der Waals surface area contributed by atoms with Crippen LogP contribution < -0.4 is 5.56 Å². The quantitative estimate of drug-likeness (QED) is 0.434. The Labute approximate surface area is 153 Å². The van der Waals surface area contributed by atoms with E-state index >= 15 is 0 Å². The third-order valence-electron chi connectivity index (χ3n) is 3.99. The van der Waals surface area contributed by atoms with Crippen LogP contribution in [0.4, 0.5) is 0 Å². The number of hydrogen-bond donors (Lipinski definition) is 1. The maximum atomic E-state index is 13.1. The number of H-pyrrole nitrogens is 1. The van der Waals surface area contributed by atoms with Gasteiger partial charge in [-0.2, -0.15) is 11.3 Å². The first kappa shape index (κ1) is 16.2. The molecular weight excluding hydrogens is 344 g/mol. The van der Waals surface area contributed by atoms with Crippen molar-refractivity contribution in [2.75, 3.05) is 0 Å². The molecule has 4 aromatic rings. The molecule has 0 spiro atoms. The summed E-state index contributed by atoms with van der Waals surface area (Å²) in [6.07, 6.45) is 1.72. The van der Waals surface area contributed by atoms with Crippen LogP contribution in [0.1, 0.15) is 21.6 Å². The third-order valence-corrected chi connectivity index (χ3v) is 4.69. The van der Waals surface area contributed by atoms with E-state index in [9.17, 15) is 9.59 Å². The van der Waals surface area contributed by atoms with E-state index in [0.717, 1.165) is 5.56 Å². The van der Waals surface area contributed by atoms with Crippen LogP contribution in [0.25, 0.3) is 22.7 Å². The first-order chi connectivity index (χ1) is 12.7. The molecule has 0 saturated heterocycles. The number of rotatable bonds is 4. The summed E-state index contributed by atoms with van der Waals surface area (Å²) in [5.41, 5.74) is 2.69. The SMILES string of the molecule is O=C(/C(=C/c1ccsc1)c1nc2ccccc2[nH]c1=O)c1ccccc1. The van der Waals surface area contributed by atoms with Crippen LogP contribution in [0.5, 0.6) is 0 Å². The van der Waals surface area contributed by atoms with Crippen molar-refractivity contribution in [3.05, 3.63) is 98.6 Å². The Bertz CT molecular complexity index is 1160. The van der Waals surface area contributed by atoms with Crippen molar-refractivity contribution in [2.24, 2.45) is 0 Å². The topological polar surface area (TPSA) is 62.8 Å². The number of fused-ring (bicyclic) bond motifs is 1. The summed E-state index contributed by atoms with van der Waals surface area (Å²) in [7, 11) is 0. The molecule has 0 unspecified atom stereocenters. The van der Waals surface area contributed by atoms with Crippen LogP contribution in [-0.2, 0) is 0 Å². The fourth-order valence-electron chi connectivity index (χ4n) is 2.72. The van der Waals surface area contributed by atoms with Crippen LogP contribution in [-0.4, -0.2) is 15.8 Å². The molecule has 0 atom stereocenters. The standard InChI is InChI=1S/C21H14N2O2S/c24-20(15-6-2-1-3-7-15)16(12-14-10-11-26-13-14)19-21(25)23-18-9-5-4-8-17(18)22-19/h1-13H,(H,23,25)/b16-12+. The largest absolute Gasteiger partial charge is 0.319 e. The smallest absolute Gasteiger partial charge is 0.275 e. The molecule has 4 nitrogen and oxygen atoms in total. The molecule has 4 rings (SSSR count). The Balaban J connectivity index is 1.93. The Morgan fingerprint density at radius 1 is 1.00 bits per heavy atom. The molecule has 0 aliphatic carbocycles. The highest BCUT2D eigenvalue weighted by atomic mass is 32.1. The Hall–Kier alpha value is -3.31. The van der Waals surface area contributed by atoms with Gasteiger partial charge in [-0.15, -0.1) is 0 Å². The third kappa shape index (κ3) is 3.12. The van der Waals surface area contributed by atoms with Gasteiger partial charge in [0.1, 0.15) is 5.69 Å². The minimum Gasteiger partial charge on any atom is -0.319 e. The number of ketones is 1. The average Bonchev–Trinajstić information content (AvgIpc) is 3.19. The van der Waals surface area contributed by atoms with Gasteiger partial charge in [-0.3, -0.25) is 9.59 Å². The number of thiophene rings is 1. The van der Waals surface area contributed by atoms with Gasteiger partial charge >= 0.3 is 0 Å². The van der Waals surface area contributed by atoms with Crippen molar-refractivity contribution in [2.45, 2.75) is 0 Å². The summed E-state index contributed by atoms with van der Waals surface area (Å²) < 4.78 is 0. The van der Waals surface area contributed by atoms with Gasteiger partial charge in [-0.05, 0) is 40.6 Å². The van der Waals surface area contributed by atoms with Crippen molar-refractivity contribution >= 4 is 39.8 Å². The molecule has 0 saturated carbocycles. The number of nitrogens with one attached hydrogen (secondary N) is 1. The van der Waals surface area contributed by atoms with Gasteiger partial charge in [-0.1, -0.05) is 42.5 Å². The van der Waals surface area contributed by atoms with Gasteiger partial charge in [0.05, 0.1) is 16.6 Å². The number of benzene rings is 2. The molecule has 0 aliphatic rings. The maximum Gasteiger partial charge on any atom is 0.275 e. The number of para-hydroxylation sites is 2. The second-order valence-electron chi connectivity index (χ2n) is 5.74. The van der Waals surface area contributed by atoms with Crippen LogP contribution in [0.3, 0.4) is 0 Å². The Morgan fingerprint density at radius 2 is 1.77 bits per heavy atom. The van der Waals surface area contributed by atoms with Crippen LogP contribution >= 0.6 is 11.3 Å². The Kier molecular flexibility index (Phi) is 4.29. The van der Waals surface area contributed by atoms with Crippen molar-refractivity contribution in [1.29, 1.82) is 0 Å². The van der Waals surface area contributed by atoms with Crippen molar-refractivity contribution in [3.63, 3.8) is 0 Å². The number of hydrogen-bond acceptors (Lipinski definition) is 4. The molecule has 0 amide bonds. The number of Topliss-reactive ketones (excluding diaryl/α,β-unsaturated/α-hetero) is 1. The number of carbonyl (C=O) groups is 1. The monoisotopic (exact) mass is 358 g/mol. The lowest BCUT2D eigenvalue weighted by molar-refractivity contribution is 0.105. The zero-order chi connectivity index (χ0) is 17.9. The number of aromatic nitrogens is 2. The second kappa shape index (κ2) is 6.90. The highest BCUT2D eigenvalue weighted by molar-refractivity contribution is 7.08. The summed E-state index contributed by atoms with van der Waals surface area (Å²) in [6.45, 7) is 0. The van der Waals surface area contributed by atoms with Gasteiger partial charge < -0.3 is 4.98 Å².